The highest BCUT2D eigenvalue weighted by Crippen LogP contribution is 2.33. The van der Waals surface area contributed by atoms with Gasteiger partial charge in [-0.1, -0.05) is 103 Å². The minimum absolute atomic E-state index is 0.148. The van der Waals surface area contributed by atoms with Gasteiger partial charge in [0, 0.05) is 18.1 Å². The Bertz CT molecular complexity index is 676. The molecule has 0 saturated carbocycles. The van der Waals surface area contributed by atoms with Crippen molar-refractivity contribution in [1.29, 1.82) is 0 Å². The first-order valence-corrected chi connectivity index (χ1v) is 13.8. The maximum absolute atomic E-state index is 12.5. The summed E-state index contributed by atoms with van der Waals surface area (Å²) in [5, 5.41) is 0. The maximum Gasteiger partial charge on any atom is 0.166 e. The van der Waals surface area contributed by atoms with Gasteiger partial charge < -0.3 is 4.74 Å². The third kappa shape index (κ3) is 9.00. The Balaban J connectivity index is 1.45. The molecule has 0 saturated heterocycles. The molecule has 0 N–H and O–H groups in total. The first kappa shape index (κ1) is 27.1. The first-order valence-electron chi connectivity index (χ1n) is 13.8. The van der Waals surface area contributed by atoms with Gasteiger partial charge >= 0.3 is 0 Å². The van der Waals surface area contributed by atoms with E-state index in [1.54, 1.807) is 0 Å². The highest BCUT2D eigenvalue weighted by Gasteiger charge is 2.30. The highest BCUT2D eigenvalue weighted by molar-refractivity contribution is 6.03. The molecule has 1 aliphatic carbocycles. The Morgan fingerprint density at radius 3 is 1.91 bits per heavy atom. The van der Waals surface area contributed by atoms with Gasteiger partial charge in [-0.25, -0.2) is 0 Å². The second kappa shape index (κ2) is 15.6. The summed E-state index contributed by atoms with van der Waals surface area (Å²) in [5.41, 5.74) is 6.11. The molecular weight excluding hydrogens is 392 g/mol. The lowest BCUT2D eigenvalue weighted by molar-refractivity contribution is 0.0945. The number of rotatable bonds is 18. The fraction of sp³-hybridized carbons (Fsp3) is 0.767. The Hall–Kier alpha value is -1.15. The molecule has 0 amide bonds. The topological polar surface area (TPSA) is 26.3 Å². The second-order valence-corrected chi connectivity index (χ2v) is 10.3. The molecule has 32 heavy (non-hydrogen) atoms. The number of ether oxygens (including phenoxy) is 1. The molecule has 0 heterocycles. The van der Waals surface area contributed by atoms with Gasteiger partial charge in [0.05, 0.1) is 6.61 Å². The molecule has 2 heteroatoms. The Labute approximate surface area is 198 Å². The van der Waals surface area contributed by atoms with Crippen LogP contribution in [0.15, 0.2) is 6.07 Å². The zero-order chi connectivity index (χ0) is 23.2. The molecule has 0 aromatic heterocycles. The van der Waals surface area contributed by atoms with Crippen LogP contribution in [-0.2, 0) is 17.6 Å². The average Bonchev–Trinajstić information content (AvgIpc) is 3.05. The molecule has 0 radical (unpaired) electrons. The summed E-state index contributed by atoms with van der Waals surface area (Å²) >= 11 is 0. The fourth-order valence-electron chi connectivity index (χ4n) is 5.34. The molecule has 182 valence electrons. The van der Waals surface area contributed by atoms with E-state index in [4.69, 9.17) is 4.74 Å². The van der Waals surface area contributed by atoms with Crippen molar-refractivity contribution in [2.45, 2.75) is 130 Å². The second-order valence-electron chi connectivity index (χ2n) is 10.3. The molecule has 0 bridgehead atoms. The summed E-state index contributed by atoms with van der Waals surface area (Å²) in [6.45, 7) is 10.3. The standard InChI is InChI=1S/C30H50O2/c1-5-6-7-8-9-10-11-12-13-14-15-16-17-18-20-32-21-19-28-24(2)22-27-23-25(3)30(31)29(27)26(28)4/h22,25H,5-21,23H2,1-4H3/t25-/m1/s1. The number of hydrogen-bond donors (Lipinski definition) is 0. The van der Waals surface area contributed by atoms with E-state index >= 15 is 0 Å². The van der Waals surface area contributed by atoms with Crippen molar-refractivity contribution in [2.24, 2.45) is 5.92 Å². The quantitative estimate of drug-likeness (QED) is 0.212. The molecule has 2 nitrogen and oxygen atoms in total. The van der Waals surface area contributed by atoms with Crippen molar-refractivity contribution >= 4 is 5.78 Å². The predicted octanol–water partition coefficient (Wildman–Crippen LogP) is 8.72. The molecule has 0 fully saturated rings. The molecule has 0 unspecified atom stereocenters. The molecule has 1 aromatic rings. The summed E-state index contributed by atoms with van der Waals surface area (Å²) in [5.74, 6) is 0.483. The molecule has 0 aliphatic heterocycles. The zero-order valence-electron chi connectivity index (χ0n) is 21.7. The largest absolute Gasteiger partial charge is 0.381 e. The van der Waals surface area contributed by atoms with Gasteiger partial charge in [0.1, 0.15) is 0 Å². The van der Waals surface area contributed by atoms with Gasteiger partial charge in [0.2, 0.25) is 0 Å². The van der Waals surface area contributed by atoms with Crippen molar-refractivity contribution in [1.82, 2.24) is 0 Å². The van der Waals surface area contributed by atoms with Crippen molar-refractivity contribution in [2.75, 3.05) is 13.2 Å². The lowest BCUT2D eigenvalue weighted by Crippen LogP contribution is -2.09. The van der Waals surface area contributed by atoms with Crippen molar-refractivity contribution < 1.29 is 9.53 Å². The van der Waals surface area contributed by atoms with Gasteiger partial charge in [-0.05, 0) is 55.4 Å². The molecule has 0 spiro atoms. The van der Waals surface area contributed by atoms with E-state index in [2.05, 4.69) is 33.8 Å². The number of aryl methyl sites for hydroxylation is 1. The van der Waals surface area contributed by atoms with Crippen LogP contribution in [0.25, 0.3) is 0 Å². The number of unbranched alkanes of at least 4 members (excludes halogenated alkanes) is 13. The molecular formula is C30H50O2. The summed E-state index contributed by atoms with van der Waals surface area (Å²) in [4.78, 5) is 12.5. The van der Waals surface area contributed by atoms with Crippen LogP contribution in [0, 0.1) is 19.8 Å². The number of carbonyl (C=O) groups is 1. The van der Waals surface area contributed by atoms with E-state index in [-0.39, 0.29) is 5.92 Å². The Morgan fingerprint density at radius 2 is 1.34 bits per heavy atom. The van der Waals surface area contributed by atoms with Crippen molar-refractivity contribution in [3.8, 4) is 0 Å². The highest BCUT2D eigenvalue weighted by atomic mass is 16.5. The van der Waals surface area contributed by atoms with Gasteiger partial charge in [-0.3, -0.25) is 4.79 Å². The minimum atomic E-state index is 0.148. The number of hydrogen-bond acceptors (Lipinski definition) is 2. The maximum atomic E-state index is 12.5. The zero-order valence-corrected chi connectivity index (χ0v) is 21.7. The predicted molar refractivity (Wildman–Crippen MR) is 138 cm³/mol. The van der Waals surface area contributed by atoms with Crippen LogP contribution in [0.4, 0.5) is 0 Å². The van der Waals surface area contributed by atoms with E-state index in [9.17, 15) is 4.79 Å². The van der Waals surface area contributed by atoms with E-state index in [0.29, 0.717) is 5.78 Å². The Kier molecular flexibility index (Phi) is 13.2. The molecule has 1 atom stereocenters. The summed E-state index contributed by atoms with van der Waals surface area (Å²) < 4.78 is 5.94. The van der Waals surface area contributed by atoms with Gasteiger partial charge in [-0.2, -0.15) is 0 Å². The van der Waals surface area contributed by atoms with Crippen molar-refractivity contribution in [3.05, 3.63) is 33.9 Å². The first-order chi connectivity index (χ1) is 15.6. The smallest absolute Gasteiger partial charge is 0.166 e. The van der Waals surface area contributed by atoms with E-state index in [0.717, 1.165) is 31.6 Å². The molecule has 1 aromatic carbocycles. The Morgan fingerprint density at radius 1 is 0.812 bits per heavy atom. The van der Waals surface area contributed by atoms with Crippen LogP contribution in [0.2, 0.25) is 0 Å². The van der Waals surface area contributed by atoms with Crippen LogP contribution in [-0.4, -0.2) is 19.0 Å². The third-order valence-corrected chi connectivity index (χ3v) is 7.37. The average molecular weight is 443 g/mol. The summed E-state index contributed by atoms with van der Waals surface area (Å²) in [7, 11) is 0. The lowest BCUT2D eigenvalue weighted by atomic mass is 9.92. The third-order valence-electron chi connectivity index (χ3n) is 7.37. The lowest BCUT2D eigenvalue weighted by Gasteiger charge is -2.14. The van der Waals surface area contributed by atoms with Crippen molar-refractivity contribution in [3.63, 3.8) is 0 Å². The number of fused-ring (bicyclic) bond motifs is 1. The summed E-state index contributed by atoms with van der Waals surface area (Å²) in [6, 6.07) is 2.24. The number of Topliss-reactive ketones (excluding diaryl/α,β-unsaturated/α-hetero) is 1. The minimum Gasteiger partial charge on any atom is -0.381 e. The number of benzene rings is 1. The summed E-state index contributed by atoms with van der Waals surface area (Å²) in [6.07, 6.45) is 21.3. The van der Waals surface area contributed by atoms with Crippen LogP contribution >= 0.6 is 0 Å². The molecule has 1 aliphatic rings. The van der Waals surface area contributed by atoms with E-state index in [1.807, 2.05) is 0 Å². The number of carbonyl (C=O) groups excluding carboxylic acids is 1. The SMILES string of the molecule is CCCCCCCCCCCCCCCCOCCc1c(C)cc2c(c1C)C(=O)[C@H](C)C2. The van der Waals surface area contributed by atoms with Gasteiger partial charge in [0.15, 0.2) is 5.78 Å². The van der Waals surface area contributed by atoms with E-state index < -0.39 is 0 Å². The van der Waals surface area contributed by atoms with Gasteiger partial charge in [0.25, 0.3) is 0 Å². The van der Waals surface area contributed by atoms with Crippen LogP contribution < -0.4 is 0 Å². The molecule has 2 rings (SSSR count). The van der Waals surface area contributed by atoms with Crippen LogP contribution in [0.1, 0.15) is 136 Å². The number of ketones is 1. The van der Waals surface area contributed by atoms with Crippen LogP contribution in [0.5, 0.6) is 0 Å². The van der Waals surface area contributed by atoms with E-state index in [1.165, 1.54) is 112 Å². The van der Waals surface area contributed by atoms with Crippen LogP contribution in [0.3, 0.4) is 0 Å². The normalized spacial score (nSPS) is 15.5. The monoisotopic (exact) mass is 442 g/mol. The van der Waals surface area contributed by atoms with Gasteiger partial charge in [-0.15, -0.1) is 0 Å². The fourth-order valence-corrected chi connectivity index (χ4v) is 5.34.